The number of carbonyl (C=O) groups is 2. The number of Topliss-reactive ketones (excluding diaryl/α,β-unsaturated/α-hetero) is 1. The second kappa shape index (κ2) is 10.4. The first-order valence-electron chi connectivity index (χ1n) is 10.7. The first-order valence-corrected chi connectivity index (χ1v) is 12.4. The topological polar surface area (TPSA) is 98.8 Å². The fourth-order valence-corrected chi connectivity index (χ4v) is 4.29. The van der Waals surface area contributed by atoms with E-state index in [1.54, 1.807) is 63.2 Å². The van der Waals surface area contributed by atoms with Gasteiger partial charge in [0.15, 0.2) is 15.6 Å². The lowest BCUT2D eigenvalue weighted by Gasteiger charge is -2.24. The van der Waals surface area contributed by atoms with Gasteiger partial charge in [-0.3, -0.25) is 4.79 Å². The minimum atomic E-state index is -3.86. The summed E-state index contributed by atoms with van der Waals surface area (Å²) in [4.78, 5) is 25.4. The van der Waals surface area contributed by atoms with Crippen molar-refractivity contribution in [1.29, 1.82) is 0 Å². The summed E-state index contributed by atoms with van der Waals surface area (Å²) in [6.45, 7) is 10.9. The predicted octanol–water partition coefficient (Wildman–Crippen LogP) is 4.34. The molecule has 33 heavy (non-hydrogen) atoms. The van der Waals surface area contributed by atoms with Crippen LogP contribution in [0.1, 0.15) is 47.1 Å². The van der Waals surface area contributed by atoms with Crippen LogP contribution in [-0.4, -0.2) is 43.3 Å². The fourth-order valence-electron chi connectivity index (χ4n) is 2.98. The van der Waals surface area contributed by atoms with E-state index >= 15 is 0 Å². The van der Waals surface area contributed by atoms with Gasteiger partial charge in [0.05, 0.1) is 10.9 Å². The molecule has 0 bridgehead atoms. The summed E-state index contributed by atoms with van der Waals surface area (Å²) in [5, 5.41) is 2.54. The number of sulfone groups is 1. The van der Waals surface area contributed by atoms with Crippen LogP contribution in [0, 0.1) is 0 Å². The number of alkyl carbamates (subject to hydrolysis) is 1. The van der Waals surface area contributed by atoms with Crippen molar-refractivity contribution in [3.8, 4) is 5.75 Å². The number of hydrogen-bond acceptors (Lipinski definition) is 6. The van der Waals surface area contributed by atoms with Gasteiger partial charge in [0.25, 0.3) is 0 Å². The van der Waals surface area contributed by atoms with E-state index in [-0.39, 0.29) is 16.9 Å². The Morgan fingerprint density at radius 3 is 1.97 bits per heavy atom. The molecule has 8 heteroatoms. The summed E-state index contributed by atoms with van der Waals surface area (Å²) in [6.07, 6.45) is -0.677. The van der Waals surface area contributed by atoms with Crippen molar-refractivity contribution < 1.29 is 27.5 Å². The number of hydrogen-bond donors (Lipinski definition) is 1. The lowest BCUT2D eigenvalue weighted by atomic mass is 10.0. The fraction of sp³-hybridized carbons (Fsp3) is 0.440. The van der Waals surface area contributed by atoms with E-state index in [0.29, 0.717) is 5.75 Å². The standard InChI is InChI=1S/C25H33NO6S/c1-24(2,3)31-19-14-12-18(13-15-19)16-21(26-23(28)32-25(4,5)6)22(27)17-33(29,30)20-10-8-7-9-11-20/h7-15,21H,16-17H2,1-6H3,(H,26,28)/t21-/m0/s1. The Morgan fingerprint density at radius 2 is 1.45 bits per heavy atom. The molecule has 0 spiro atoms. The van der Waals surface area contributed by atoms with Crippen LogP contribution < -0.4 is 10.1 Å². The zero-order valence-electron chi connectivity index (χ0n) is 20.0. The molecule has 0 saturated heterocycles. The second-order valence-electron chi connectivity index (χ2n) is 9.80. The number of ether oxygens (including phenoxy) is 2. The van der Waals surface area contributed by atoms with Gasteiger partial charge < -0.3 is 14.8 Å². The second-order valence-corrected chi connectivity index (χ2v) is 11.8. The molecule has 0 aliphatic rings. The SMILES string of the molecule is CC(C)(C)OC(=O)N[C@@H](Cc1ccc(OC(C)(C)C)cc1)C(=O)CS(=O)(=O)c1ccccc1. The number of ketones is 1. The Bertz CT molecular complexity index is 1050. The molecular formula is C25H33NO6S. The van der Waals surface area contributed by atoms with Gasteiger partial charge in [-0.25, -0.2) is 13.2 Å². The van der Waals surface area contributed by atoms with Crippen molar-refractivity contribution in [2.24, 2.45) is 0 Å². The van der Waals surface area contributed by atoms with Crippen LogP contribution in [-0.2, 0) is 25.8 Å². The average Bonchev–Trinajstić information content (AvgIpc) is 2.66. The first kappa shape index (κ1) is 26.4. The molecule has 0 unspecified atom stereocenters. The number of benzene rings is 2. The maximum atomic E-state index is 13.0. The maximum Gasteiger partial charge on any atom is 0.408 e. The molecule has 0 saturated carbocycles. The predicted molar refractivity (Wildman–Crippen MR) is 127 cm³/mol. The van der Waals surface area contributed by atoms with E-state index < -0.39 is 39.1 Å². The zero-order chi connectivity index (χ0) is 24.9. The molecule has 1 amide bonds. The third-order valence-electron chi connectivity index (χ3n) is 4.30. The Labute approximate surface area is 196 Å². The molecule has 7 nitrogen and oxygen atoms in total. The molecule has 0 aliphatic heterocycles. The van der Waals surface area contributed by atoms with E-state index in [1.165, 1.54) is 12.1 Å². The highest BCUT2D eigenvalue weighted by atomic mass is 32.2. The molecule has 0 aromatic heterocycles. The van der Waals surface area contributed by atoms with E-state index in [1.807, 2.05) is 20.8 Å². The van der Waals surface area contributed by atoms with Gasteiger partial charge in [0, 0.05) is 0 Å². The molecule has 180 valence electrons. The highest BCUT2D eigenvalue weighted by Crippen LogP contribution is 2.20. The van der Waals surface area contributed by atoms with E-state index in [2.05, 4.69) is 5.32 Å². The number of rotatable bonds is 8. The molecule has 1 atom stereocenters. The summed E-state index contributed by atoms with van der Waals surface area (Å²) in [5.41, 5.74) is -0.383. The lowest BCUT2D eigenvalue weighted by molar-refractivity contribution is -0.118. The van der Waals surface area contributed by atoms with E-state index in [0.717, 1.165) is 5.56 Å². The Hall–Kier alpha value is -2.87. The average molecular weight is 476 g/mol. The van der Waals surface area contributed by atoms with Gasteiger partial charge in [0.1, 0.15) is 22.7 Å². The molecule has 2 aromatic rings. The maximum absolute atomic E-state index is 13.0. The highest BCUT2D eigenvalue weighted by Gasteiger charge is 2.29. The molecule has 0 aliphatic carbocycles. The van der Waals surface area contributed by atoms with Gasteiger partial charge in [-0.15, -0.1) is 0 Å². The van der Waals surface area contributed by atoms with Gasteiger partial charge in [0.2, 0.25) is 0 Å². The van der Waals surface area contributed by atoms with Gasteiger partial charge in [-0.2, -0.15) is 0 Å². The van der Waals surface area contributed by atoms with Gasteiger partial charge in [-0.1, -0.05) is 30.3 Å². The molecule has 0 radical (unpaired) electrons. The molecule has 0 heterocycles. The summed E-state index contributed by atoms with van der Waals surface area (Å²) >= 11 is 0. The minimum absolute atomic E-state index is 0.0537. The van der Waals surface area contributed by atoms with Crippen LogP contribution >= 0.6 is 0 Å². The van der Waals surface area contributed by atoms with Crippen LogP contribution in [0.15, 0.2) is 59.5 Å². The summed E-state index contributed by atoms with van der Waals surface area (Å²) in [5.74, 6) is -0.691. The van der Waals surface area contributed by atoms with Crippen molar-refractivity contribution >= 4 is 21.7 Å². The smallest absolute Gasteiger partial charge is 0.408 e. The van der Waals surface area contributed by atoms with Gasteiger partial charge >= 0.3 is 6.09 Å². The number of amides is 1. The van der Waals surface area contributed by atoms with Crippen molar-refractivity contribution in [3.63, 3.8) is 0 Å². The Kier molecular flexibility index (Phi) is 8.30. The van der Waals surface area contributed by atoms with Crippen molar-refractivity contribution in [2.45, 2.75) is 70.1 Å². The molecule has 1 N–H and O–H groups in total. The quantitative estimate of drug-likeness (QED) is 0.610. The Balaban J connectivity index is 2.22. The normalized spacial score (nSPS) is 13.2. The molecule has 2 aromatic carbocycles. The monoisotopic (exact) mass is 475 g/mol. The van der Waals surface area contributed by atoms with E-state index in [4.69, 9.17) is 9.47 Å². The first-order chi connectivity index (χ1) is 15.1. The molecule has 0 fully saturated rings. The van der Waals surface area contributed by atoms with Crippen molar-refractivity contribution in [1.82, 2.24) is 5.32 Å². The van der Waals surface area contributed by atoms with Crippen molar-refractivity contribution in [3.05, 3.63) is 60.2 Å². The van der Waals surface area contributed by atoms with E-state index in [9.17, 15) is 18.0 Å². The summed E-state index contributed by atoms with van der Waals surface area (Å²) < 4.78 is 36.5. The van der Waals surface area contributed by atoms with Gasteiger partial charge in [-0.05, 0) is 77.8 Å². The third kappa shape index (κ3) is 9.26. The van der Waals surface area contributed by atoms with Crippen LogP contribution in [0.3, 0.4) is 0 Å². The lowest BCUT2D eigenvalue weighted by Crippen LogP contribution is -2.46. The number of nitrogens with one attached hydrogen (secondary N) is 1. The van der Waals surface area contributed by atoms with Crippen LogP contribution in [0.2, 0.25) is 0 Å². The largest absolute Gasteiger partial charge is 0.488 e. The molecular weight excluding hydrogens is 442 g/mol. The zero-order valence-corrected chi connectivity index (χ0v) is 20.9. The highest BCUT2D eigenvalue weighted by molar-refractivity contribution is 7.92. The number of carbonyl (C=O) groups excluding carboxylic acids is 2. The van der Waals surface area contributed by atoms with Crippen LogP contribution in [0.4, 0.5) is 4.79 Å². The van der Waals surface area contributed by atoms with Crippen LogP contribution in [0.5, 0.6) is 5.75 Å². The molecule has 2 rings (SSSR count). The summed E-state index contributed by atoms with van der Waals surface area (Å²) in [6, 6.07) is 13.8. The van der Waals surface area contributed by atoms with Crippen LogP contribution in [0.25, 0.3) is 0 Å². The Morgan fingerprint density at radius 1 is 0.879 bits per heavy atom. The van der Waals surface area contributed by atoms with Crippen molar-refractivity contribution in [2.75, 3.05) is 5.75 Å². The summed E-state index contributed by atoms with van der Waals surface area (Å²) in [7, 11) is -3.86. The minimum Gasteiger partial charge on any atom is -0.488 e. The third-order valence-corrected chi connectivity index (χ3v) is 5.96.